The quantitative estimate of drug-likeness (QED) is 0.537. The van der Waals surface area contributed by atoms with Gasteiger partial charge < -0.3 is 0 Å². The summed E-state index contributed by atoms with van der Waals surface area (Å²) in [5.74, 6) is -1.04. The molecule has 0 radical (unpaired) electrons. The predicted octanol–water partition coefficient (Wildman–Crippen LogP) is 3.72. The number of sulfone groups is 1. The average Bonchev–Trinajstić information content (AvgIpc) is 2.75. The third kappa shape index (κ3) is 3.60. The van der Waals surface area contributed by atoms with Crippen LogP contribution in [0.5, 0.6) is 0 Å². The molecule has 112 valence electrons. The lowest BCUT2D eigenvalue weighted by atomic mass is 9.87. The molecule has 2 unspecified atom stereocenters. The van der Waals surface area contributed by atoms with Crippen LogP contribution in [0.3, 0.4) is 0 Å². The number of alkyl halides is 1. The molecule has 20 heavy (non-hydrogen) atoms. The number of rotatable bonds is 4. The second-order valence-corrected chi connectivity index (χ2v) is 8.83. The summed E-state index contributed by atoms with van der Waals surface area (Å²) in [5, 5.41) is 0.526. The van der Waals surface area contributed by atoms with Crippen LogP contribution in [-0.4, -0.2) is 25.3 Å². The van der Waals surface area contributed by atoms with Crippen molar-refractivity contribution in [3.8, 4) is 0 Å². The molecular formula is C13H14Br2F2O2S. The molecule has 2 rings (SSSR count). The Morgan fingerprint density at radius 3 is 2.60 bits per heavy atom. The van der Waals surface area contributed by atoms with Crippen LogP contribution in [0.1, 0.15) is 12.0 Å². The van der Waals surface area contributed by atoms with Crippen LogP contribution < -0.4 is 0 Å². The van der Waals surface area contributed by atoms with Crippen LogP contribution in [-0.2, 0) is 16.3 Å². The minimum absolute atomic E-state index is 0.0214. The van der Waals surface area contributed by atoms with Gasteiger partial charge in [-0.1, -0.05) is 15.9 Å². The van der Waals surface area contributed by atoms with Crippen LogP contribution in [0.4, 0.5) is 8.78 Å². The van der Waals surface area contributed by atoms with Crippen molar-refractivity contribution >= 4 is 41.7 Å². The zero-order chi connectivity index (χ0) is 14.9. The van der Waals surface area contributed by atoms with Gasteiger partial charge in [0.15, 0.2) is 9.84 Å². The Kier molecular flexibility index (Phi) is 5.24. The Balaban J connectivity index is 2.21. The minimum atomic E-state index is -2.99. The highest BCUT2D eigenvalue weighted by molar-refractivity contribution is 9.10. The molecule has 1 aliphatic rings. The number of hydrogen-bond acceptors (Lipinski definition) is 2. The maximum Gasteiger partial charge on any atom is 0.150 e. The van der Waals surface area contributed by atoms with E-state index in [2.05, 4.69) is 31.9 Å². The zero-order valence-corrected chi connectivity index (χ0v) is 14.6. The summed E-state index contributed by atoms with van der Waals surface area (Å²) in [6, 6.07) is 2.55. The first-order chi connectivity index (χ1) is 9.34. The van der Waals surface area contributed by atoms with Gasteiger partial charge in [-0.3, -0.25) is 0 Å². The second-order valence-electron chi connectivity index (χ2n) is 5.10. The second kappa shape index (κ2) is 6.40. The maximum atomic E-state index is 14.0. The van der Waals surface area contributed by atoms with Gasteiger partial charge in [0.2, 0.25) is 0 Å². The van der Waals surface area contributed by atoms with Gasteiger partial charge in [0.1, 0.15) is 11.6 Å². The molecule has 0 saturated carbocycles. The van der Waals surface area contributed by atoms with E-state index in [-0.39, 0.29) is 39.8 Å². The molecule has 0 amide bonds. The Hall–Kier alpha value is -0.0100. The van der Waals surface area contributed by atoms with E-state index in [4.69, 9.17) is 0 Å². The summed E-state index contributed by atoms with van der Waals surface area (Å²) in [7, 11) is -2.99. The van der Waals surface area contributed by atoms with Crippen molar-refractivity contribution in [2.24, 2.45) is 11.8 Å². The Bertz CT molecular complexity index is 605. The SMILES string of the molecule is O=S1(=O)CCC(C(CBr)Cc2c(F)ccc(Br)c2F)C1. The molecule has 0 N–H and O–H groups in total. The molecule has 0 bridgehead atoms. The van der Waals surface area contributed by atoms with Gasteiger partial charge in [0.25, 0.3) is 0 Å². The lowest BCUT2D eigenvalue weighted by Crippen LogP contribution is -2.21. The van der Waals surface area contributed by atoms with Crippen molar-refractivity contribution in [1.29, 1.82) is 0 Å². The summed E-state index contributed by atoms with van der Waals surface area (Å²) in [5.41, 5.74) is 0.0214. The van der Waals surface area contributed by atoms with E-state index >= 15 is 0 Å². The van der Waals surface area contributed by atoms with E-state index in [1.54, 1.807) is 0 Å². The first kappa shape index (κ1) is 16.4. The van der Waals surface area contributed by atoms with E-state index in [0.29, 0.717) is 11.8 Å². The lowest BCUT2D eigenvalue weighted by Gasteiger charge is -2.21. The van der Waals surface area contributed by atoms with Gasteiger partial charge in [-0.25, -0.2) is 17.2 Å². The first-order valence-corrected chi connectivity index (χ1v) is 9.96. The topological polar surface area (TPSA) is 34.1 Å². The van der Waals surface area contributed by atoms with Crippen molar-refractivity contribution in [1.82, 2.24) is 0 Å². The van der Waals surface area contributed by atoms with Gasteiger partial charge in [-0.2, -0.15) is 0 Å². The number of benzene rings is 1. The van der Waals surface area contributed by atoms with Gasteiger partial charge in [0, 0.05) is 10.9 Å². The Morgan fingerprint density at radius 1 is 1.35 bits per heavy atom. The molecule has 7 heteroatoms. The van der Waals surface area contributed by atoms with Gasteiger partial charge in [-0.15, -0.1) is 0 Å². The largest absolute Gasteiger partial charge is 0.229 e. The van der Waals surface area contributed by atoms with Gasteiger partial charge >= 0.3 is 0 Å². The molecule has 1 aromatic rings. The molecule has 1 fully saturated rings. The van der Waals surface area contributed by atoms with Crippen molar-refractivity contribution < 1.29 is 17.2 Å². The number of hydrogen-bond donors (Lipinski definition) is 0. The third-order valence-corrected chi connectivity index (χ3v) is 6.98. The fourth-order valence-electron chi connectivity index (χ4n) is 2.56. The highest BCUT2D eigenvalue weighted by Gasteiger charge is 2.34. The smallest absolute Gasteiger partial charge is 0.150 e. The van der Waals surface area contributed by atoms with Crippen LogP contribution in [0.25, 0.3) is 0 Å². The van der Waals surface area contributed by atoms with Crippen molar-refractivity contribution in [3.05, 3.63) is 33.8 Å². The van der Waals surface area contributed by atoms with Crippen LogP contribution >= 0.6 is 31.9 Å². The van der Waals surface area contributed by atoms with E-state index in [0.717, 1.165) is 0 Å². The molecule has 2 atom stereocenters. The van der Waals surface area contributed by atoms with Crippen molar-refractivity contribution in [2.45, 2.75) is 12.8 Å². The Labute approximate surface area is 134 Å². The summed E-state index contributed by atoms with van der Waals surface area (Å²) in [6.07, 6.45) is 0.762. The fraction of sp³-hybridized carbons (Fsp3) is 0.538. The lowest BCUT2D eigenvalue weighted by molar-refractivity contribution is 0.389. The molecule has 0 spiro atoms. The summed E-state index contributed by atoms with van der Waals surface area (Å²) < 4.78 is 51.0. The highest BCUT2D eigenvalue weighted by atomic mass is 79.9. The molecule has 2 nitrogen and oxygen atoms in total. The van der Waals surface area contributed by atoms with Crippen molar-refractivity contribution in [2.75, 3.05) is 16.8 Å². The molecular weight excluding hydrogens is 418 g/mol. The van der Waals surface area contributed by atoms with Crippen LogP contribution in [0.2, 0.25) is 0 Å². The molecule has 0 aliphatic carbocycles. The first-order valence-electron chi connectivity index (χ1n) is 6.23. The van der Waals surface area contributed by atoms with Gasteiger partial charge in [-0.05, 0) is 52.7 Å². The highest BCUT2D eigenvalue weighted by Crippen LogP contribution is 2.32. The summed E-state index contributed by atoms with van der Waals surface area (Å²) in [4.78, 5) is 0. The van der Waals surface area contributed by atoms with E-state index in [1.165, 1.54) is 12.1 Å². The maximum absolute atomic E-state index is 14.0. The molecule has 1 aliphatic heterocycles. The van der Waals surface area contributed by atoms with E-state index in [9.17, 15) is 17.2 Å². The standard InChI is InChI=1S/C13H14Br2F2O2S/c14-6-9(8-3-4-20(18,19)7-8)5-10-12(16)2-1-11(15)13(10)17/h1-2,8-9H,3-7H2. The molecule has 1 aromatic carbocycles. The van der Waals surface area contributed by atoms with Crippen LogP contribution in [0, 0.1) is 23.5 Å². The average molecular weight is 432 g/mol. The zero-order valence-electron chi connectivity index (χ0n) is 10.6. The third-order valence-electron chi connectivity index (χ3n) is 3.74. The predicted molar refractivity (Wildman–Crippen MR) is 81.8 cm³/mol. The van der Waals surface area contributed by atoms with E-state index in [1.807, 2.05) is 0 Å². The molecule has 1 heterocycles. The van der Waals surface area contributed by atoms with Crippen LogP contribution in [0.15, 0.2) is 16.6 Å². The van der Waals surface area contributed by atoms with Gasteiger partial charge in [0.05, 0.1) is 16.0 Å². The summed E-state index contributed by atoms with van der Waals surface area (Å²) in [6.45, 7) is 0. The Morgan fingerprint density at radius 2 is 2.05 bits per heavy atom. The summed E-state index contributed by atoms with van der Waals surface area (Å²) >= 11 is 6.38. The minimum Gasteiger partial charge on any atom is -0.229 e. The molecule has 1 saturated heterocycles. The monoisotopic (exact) mass is 430 g/mol. The van der Waals surface area contributed by atoms with Crippen molar-refractivity contribution in [3.63, 3.8) is 0 Å². The normalized spacial score (nSPS) is 22.9. The fourth-order valence-corrected chi connectivity index (χ4v) is 5.61. The molecule has 0 aromatic heterocycles. The number of halogens is 4. The van der Waals surface area contributed by atoms with E-state index < -0.39 is 21.5 Å².